The molecule has 2 aliphatic rings. The first-order chi connectivity index (χ1) is 8.83. The SMILES string of the molecule is Clc1cc(CCCCNC2CC2)c2c(c1)CCO2. The molecule has 2 nitrogen and oxygen atoms in total. The van der Waals surface area contributed by atoms with E-state index in [0.717, 1.165) is 42.8 Å². The number of ether oxygens (including phenoxy) is 1. The Kier molecular flexibility index (Phi) is 3.76. The zero-order valence-corrected chi connectivity index (χ0v) is 11.4. The molecule has 0 saturated heterocycles. The molecule has 3 heteroatoms. The Bertz CT molecular complexity index is 429. The highest BCUT2D eigenvalue weighted by Crippen LogP contribution is 2.33. The molecule has 0 radical (unpaired) electrons. The van der Waals surface area contributed by atoms with Crippen molar-refractivity contribution in [2.75, 3.05) is 13.2 Å². The average molecular weight is 266 g/mol. The van der Waals surface area contributed by atoms with Crippen LogP contribution < -0.4 is 10.1 Å². The van der Waals surface area contributed by atoms with Gasteiger partial charge in [-0.15, -0.1) is 0 Å². The van der Waals surface area contributed by atoms with Crippen LogP contribution in [0.2, 0.25) is 5.02 Å². The Morgan fingerprint density at radius 2 is 2.17 bits per heavy atom. The Balaban J connectivity index is 1.52. The molecular formula is C15H20ClNO. The molecule has 18 heavy (non-hydrogen) atoms. The largest absolute Gasteiger partial charge is 0.493 e. The van der Waals surface area contributed by atoms with E-state index in [2.05, 4.69) is 11.4 Å². The summed E-state index contributed by atoms with van der Waals surface area (Å²) >= 11 is 6.15. The fourth-order valence-electron chi connectivity index (χ4n) is 2.57. The van der Waals surface area contributed by atoms with Crippen molar-refractivity contribution in [3.8, 4) is 5.75 Å². The minimum absolute atomic E-state index is 0.811. The molecule has 0 bridgehead atoms. The van der Waals surface area contributed by atoms with Crippen molar-refractivity contribution < 1.29 is 4.74 Å². The van der Waals surface area contributed by atoms with Crippen LogP contribution in [0.5, 0.6) is 5.75 Å². The van der Waals surface area contributed by atoms with E-state index in [1.54, 1.807) is 0 Å². The van der Waals surface area contributed by atoms with Gasteiger partial charge in [-0.25, -0.2) is 0 Å². The minimum Gasteiger partial charge on any atom is -0.493 e. The smallest absolute Gasteiger partial charge is 0.125 e. The molecule has 0 unspecified atom stereocenters. The van der Waals surface area contributed by atoms with Crippen molar-refractivity contribution in [3.05, 3.63) is 28.3 Å². The van der Waals surface area contributed by atoms with Gasteiger partial charge in [0.1, 0.15) is 5.75 Å². The molecule has 3 rings (SSSR count). The number of fused-ring (bicyclic) bond motifs is 1. The van der Waals surface area contributed by atoms with Crippen LogP contribution >= 0.6 is 11.6 Å². The van der Waals surface area contributed by atoms with Gasteiger partial charge in [0, 0.05) is 17.5 Å². The Labute approximate surface area is 114 Å². The van der Waals surface area contributed by atoms with Crippen molar-refractivity contribution in [2.45, 2.75) is 44.6 Å². The number of halogens is 1. The number of hydrogen-bond donors (Lipinski definition) is 1. The highest BCUT2D eigenvalue weighted by atomic mass is 35.5. The predicted molar refractivity (Wildman–Crippen MR) is 74.6 cm³/mol. The van der Waals surface area contributed by atoms with E-state index in [1.165, 1.54) is 36.8 Å². The molecule has 1 aromatic carbocycles. The topological polar surface area (TPSA) is 21.3 Å². The fraction of sp³-hybridized carbons (Fsp3) is 0.600. The summed E-state index contributed by atoms with van der Waals surface area (Å²) in [6.07, 6.45) is 7.26. The number of nitrogens with one attached hydrogen (secondary N) is 1. The standard InChI is InChI=1S/C15H20ClNO/c16-13-9-11(15-12(10-13)6-8-18-15)3-1-2-7-17-14-4-5-14/h9-10,14,17H,1-8H2. The average Bonchev–Trinajstić information content (AvgIpc) is 3.05. The van der Waals surface area contributed by atoms with Crippen LogP contribution in [0.25, 0.3) is 0 Å². The summed E-state index contributed by atoms with van der Waals surface area (Å²) in [6.45, 7) is 1.96. The molecule has 1 heterocycles. The van der Waals surface area contributed by atoms with E-state index in [1.807, 2.05) is 6.07 Å². The van der Waals surface area contributed by atoms with Gasteiger partial charge in [0.2, 0.25) is 0 Å². The van der Waals surface area contributed by atoms with Crippen LogP contribution in [-0.2, 0) is 12.8 Å². The van der Waals surface area contributed by atoms with Gasteiger partial charge in [0.05, 0.1) is 6.61 Å². The van der Waals surface area contributed by atoms with Gasteiger partial charge in [-0.3, -0.25) is 0 Å². The first-order valence-corrected chi connectivity index (χ1v) is 7.38. The van der Waals surface area contributed by atoms with Gasteiger partial charge in [-0.2, -0.15) is 0 Å². The lowest BCUT2D eigenvalue weighted by Crippen LogP contribution is -2.17. The molecule has 0 atom stereocenters. The zero-order chi connectivity index (χ0) is 12.4. The maximum Gasteiger partial charge on any atom is 0.125 e. The van der Waals surface area contributed by atoms with Gasteiger partial charge >= 0.3 is 0 Å². The van der Waals surface area contributed by atoms with Crippen LogP contribution in [0, 0.1) is 0 Å². The Hall–Kier alpha value is -0.730. The second-order valence-corrected chi connectivity index (χ2v) is 5.77. The number of aryl methyl sites for hydroxylation is 1. The van der Waals surface area contributed by atoms with Gasteiger partial charge in [-0.05, 0) is 61.9 Å². The first kappa shape index (κ1) is 12.3. The normalized spacial score (nSPS) is 17.6. The Morgan fingerprint density at radius 3 is 3.00 bits per heavy atom. The van der Waals surface area contributed by atoms with E-state index in [4.69, 9.17) is 16.3 Å². The third-order valence-corrected chi connectivity index (χ3v) is 3.93. The minimum atomic E-state index is 0.811. The molecule has 0 spiro atoms. The van der Waals surface area contributed by atoms with Crippen LogP contribution in [0.1, 0.15) is 36.8 Å². The van der Waals surface area contributed by atoms with Crippen molar-refractivity contribution in [1.82, 2.24) is 5.32 Å². The second-order valence-electron chi connectivity index (χ2n) is 5.34. The number of benzene rings is 1. The van der Waals surface area contributed by atoms with Gasteiger partial charge in [0.15, 0.2) is 0 Å². The summed E-state index contributed by atoms with van der Waals surface area (Å²) in [6, 6.07) is 4.94. The maximum absolute atomic E-state index is 6.15. The molecule has 1 aliphatic carbocycles. The second kappa shape index (κ2) is 5.50. The third-order valence-electron chi connectivity index (χ3n) is 3.71. The van der Waals surface area contributed by atoms with Gasteiger partial charge in [-0.1, -0.05) is 11.6 Å². The predicted octanol–water partition coefficient (Wildman–Crippen LogP) is 3.35. The lowest BCUT2D eigenvalue weighted by molar-refractivity contribution is 0.353. The molecule has 0 aromatic heterocycles. The maximum atomic E-state index is 6.15. The molecule has 1 aliphatic heterocycles. The number of rotatable bonds is 6. The van der Waals surface area contributed by atoms with E-state index in [-0.39, 0.29) is 0 Å². The lowest BCUT2D eigenvalue weighted by atomic mass is 10.0. The molecule has 1 aromatic rings. The van der Waals surface area contributed by atoms with E-state index in [0.29, 0.717) is 0 Å². The molecule has 0 amide bonds. The highest BCUT2D eigenvalue weighted by molar-refractivity contribution is 6.30. The van der Waals surface area contributed by atoms with Gasteiger partial charge < -0.3 is 10.1 Å². The van der Waals surface area contributed by atoms with Crippen molar-refractivity contribution >= 4 is 11.6 Å². The summed E-state index contributed by atoms with van der Waals surface area (Å²) in [4.78, 5) is 0. The third kappa shape index (κ3) is 2.99. The van der Waals surface area contributed by atoms with Crippen molar-refractivity contribution in [2.24, 2.45) is 0 Å². The summed E-state index contributed by atoms with van der Waals surface area (Å²) in [5.74, 6) is 1.11. The summed E-state index contributed by atoms with van der Waals surface area (Å²) in [5.41, 5.74) is 2.58. The summed E-state index contributed by atoms with van der Waals surface area (Å²) < 4.78 is 5.72. The quantitative estimate of drug-likeness (QED) is 0.797. The molecule has 1 N–H and O–H groups in total. The van der Waals surface area contributed by atoms with Crippen molar-refractivity contribution in [1.29, 1.82) is 0 Å². The molecule has 1 saturated carbocycles. The monoisotopic (exact) mass is 265 g/mol. The Morgan fingerprint density at radius 1 is 1.28 bits per heavy atom. The number of hydrogen-bond acceptors (Lipinski definition) is 2. The lowest BCUT2D eigenvalue weighted by Gasteiger charge is -2.09. The fourth-order valence-corrected chi connectivity index (χ4v) is 2.83. The summed E-state index contributed by atoms with van der Waals surface area (Å²) in [7, 11) is 0. The van der Waals surface area contributed by atoms with Crippen LogP contribution in [0.4, 0.5) is 0 Å². The highest BCUT2D eigenvalue weighted by Gasteiger charge is 2.20. The van der Waals surface area contributed by atoms with E-state index < -0.39 is 0 Å². The summed E-state index contributed by atoms with van der Waals surface area (Å²) in [5, 5.41) is 4.40. The molecule has 98 valence electrons. The van der Waals surface area contributed by atoms with Crippen LogP contribution in [0.15, 0.2) is 12.1 Å². The first-order valence-electron chi connectivity index (χ1n) is 7.00. The van der Waals surface area contributed by atoms with Crippen molar-refractivity contribution in [3.63, 3.8) is 0 Å². The van der Waals surface area contributed by atoms with E-state index in [9.17, 15) is 0 Å². The molecular weight excluding hydrogens is 246 g/mol. The van der Waals surface area contributed by atoms with Gasteiger partial charge in [0.25, 0.3) is 0 Å². The van der Waals surface area contributed by atoms with Crippen LogP contribution in [0.3, 0.4) is 0 Å². The van der Waals surface area contributed by atoms with E-state index >= 15 is 0 Å². The van der Waals surface area contributed by atoms with Crippen LogP contribution in [-0.4, -0.2) is 19.2 Å². The number of unbranched alkanes of at least 4 members (excludes halogenated alkanes) is 1. The molecule has 1 fully saturated rings. The zero-order valence-electron chi connectivity index (χ0n) is 10.7.